The van der Waals surface area contributed by atoms with Gasteiger partial charge in [-0.3, -0.25) is 4.98 Å². The monoisotopic (exact) mass is 255 g/mol. The van der Waals surface area contributed by atoms with Crippen molar-refractivity contribution in [3.63, 3.8) is 0 Å². The van der Waals surface area contributed by atoms with E-state index in [0.29, 0.717) is 5.41 Å². The second-order valence-corrected chi connectivity index (χ2v) is 6.01. The highest BCUT2D eigenvalue weighted by Gasteiger charge is 2.28. The van der Waals surface area contributed by atoms with Crippen molar-refractivity contribution in [1.29, 1.82) is 0 Å². The maximum atomic E-state index is 5.81. The lowest BCUT2D eigenvalue weighted by Gasteiger charge is -2.24. The van der Waals surface area contributed by atoms with Gasteiger partial charge in [-0.15, -0.1) is 0 Å². The molecule has 0 aliphatic heterocycles. The van der Waals surface area contributed by atoms with Crippen LogP contribution in [0, 0.1) is 5.41 Å². The van der Waals surface area contributed by atoms with E-state index in [1.54, 1.807) is 0 Å². The van der Waals surface area contributed by atoms with E-state index in [2.05, 4.69) is 29.4 Å². The summed E-state index contributed by atoms with van der Waals surface area (Å²) in [6, 6.07) is 7.97. The lowest BCUT2D eigenvalue weighted by molar-refractivity contribution is 0.362. The maximum absolute atomic E-state index is 5.81. The van der Waals surface area contributed by atoms with Gasteiger partial charge in [0, 0.05) is 29.5 Å². The molecular formula is C16H21N3. The van der Waals surface area contributed by atoms with Gasteiger partial charge in [0.05, 0.1) is 5.52 Å². The first-order chi connectivity index (χ1) is 9.16. The molecule has 1 aliphatic rings. The Hall–Kier alpha value is -1.77. The normalized spacial score (nSPS) is 17.7. The first-order valence-electron chi connectivity index (χ1n) is 7.04. The minimum absolute atomic E-state index is 0.448. The predicted octanol–water partition coefficient (Wildman–Crippen LogP) is 3.81. The van der Waals surface area contributed by atoms with Gasteiger partial charge in [0.2, 0.25) is 0 Å². The minimum Gasteiger partial charge on any atom is -0.399 e. The van der Waals surface area contributed by atoms with Crippen molar-refractivity contribution >= 4 is 22.3 Å². The molecule has 1 fully saturated rings. The van der Waals surface area contributed by atoms with Gasteiger partial charge < -0.3 is 11.1 Å². The van der Waals surface area contributed by atoms with Gasteiger partial charge in [-0.25, -0.2) is 0 Å². The van der Waals surface area contributed by atoms with E-state index in [4.69, 9.17) is 5.73 Å². The zero-order chi connectivity index (χ0) is 13.3. The minimum atomic E-state index is 0.448. The fourth-order valence-electron chi connectivity index (χ4n) is 3.03. The van der Waals surface area contributed by atoms with Gasteiger partial charge in [-0.05, 0) is 42.5 Å². The molecule has 1 aromatic carbocycles. The van der Waals surface area contributed by atoms with Crippen LogP contribution in [0.25, 0.3) is 10.9 Å². The number of nitrogen functional groups attached to an aromatic ring is 1. The zero-order valence-corrected chi connectivity index (χ0v) is 11.4. The molecule has 1 saturated carbocycles. The molecule has 3 heteroatoms. The van der Waals surface area contributed by atoms with E-state index in [-0.39, 0.29) is 0 Å². The van der Waals surface area contributed by atoms with E-state index in [1.807, 2.05) is 18.3 Å². The second kappa shape index (κ2) is 4.72. The molecule has 0 bridgehead atoms. The summed E-state index contributed by atoms with van der Waals surface area (Å²) in [6.45, 7) is 3.42. The Morgan fingerprint density at radius 2 is 2.05 bits per heavy atom. The summed E-state index contributed by atoms with van der Waals surface area (Å²) >= 11 is 0. The summed E-state index contributed by atoms with van der Waals surface area (Å²) < 4.78 is 0. The summed E-state index contributed by atoms with van der Waals surface area (Å²) in [5.41, 5.74) is 9.14. The Bertz CT molecular complexity index is 586. The van der Waals surface area contributed by atoms with Crippen molar-refractivity contribution in [2.75, 3.05) is 17.6 Å². The molecular weight excluding hydrogens is 234 g/mol. The lowest BCUT2D eigenvalue weighted by atomic mass is 9.89. The Kier molecular flexibility index (Phi) is 3.05. The maximum Gasteiger partial charge on any atom is 0.0743 e. The van der Waals surface area contributed by atoms with Crippen LogP contribution in [0.2, 0.25) is 0 Å². The topological polar surface area (TPSA) is 50.9 Å². The number of nitrogens with zero attached hydrogens (tertiary/aromatic N) is 1. The largest absolute Gasteiger partial charge is 0.399 e. The number of benzene rings is 1. The average molecular weight is 255 g/mol. The van der Waals surface area contributed by atoms with Gasteiger partial charge in [-0.2, -0.15) is 0 Å². The van der Waals surface area contributed by atoms with Crippen LogP contribution in [0.1, 0.15) is 32.6 Å². The molecule has 0 atom stereocenters. The summed E-state index contributed by atoms with van der Waals surface area (Å²) in [4.78, 5) is 4.38. The van der Waals surface area contributed by atoms with E-state index >= 15 is 0 Å². The van der Waals surface area contributed by atoms with Crippen LogP contribution in [-0.4, -0.2) is 11.5 Å². The third kappa shape index (κ3) is 2.50. The van der Waals surface area contributed by atoms with Crippen molar-refractivity contribution in [1.82, 2.24) is 4.98 Å². The van der Waals surface area contributed by atoms with E-state index in [9.17, 15) is 0 Å². The Morgan fingerprint density at radius 3 is 2.84 bits per heavy atom. The van der Waals surface area contributed by atoms with E-state index < -0.39 is 0 Å². The molecule has 0 radical (unpaired) electrons. The highest BCUT2D eigenvalue weighted by molar-refractivity contribution is 5.92. The van der Waals surface area contributed by atoms with Crippen LogP contribution >= 0.6 is 0 Å². The van der Waals surface area contributed by atoms with Gasteiger partial charge in [0.1, 0.15) is 0 Å². The highest BCUT2D eigenvalue weighted by Crippen LogP contribution is 2.37. The number of nitrogens with two attached hydrogens (primary N) is 1. The quantitative estimate of drug-likeness (QED) is 0.820. The molecule has 3 N–H and O–H groups in total. The number of nitrogens with one attached hydrogen (secondary N) is 1. The number of anilines is 2. The molecule has 2 aromatic rings. The number of fused-ring (bicyclic) bond motifs is 1. The van der Waals surface area contributed by atoms with Crippen molar-refractivity contribution in [2.45, 2.75) is 32.6 Å². The molecule has 19 heavy (non-hydrogen) atoms. The van der Waals surface area contributed by atoms with Gasteiger partial charge in [-0.1, -0.05) is 19.8 Å². The molecule has 100 valence electrons. The number of aromatic nitrogens is 1. The van der Waals surface area contributed by atoms with Crippen LogP contribution in [-0.2, 0) is 0 Å². The summed E-state index contributed by atoms with van der Waals surface area (Å²) in [5, 5.41) is 4.76. The van der Waals surface area contributed by atoms with Crippen LogP contribution in [0.15, 0.2) is 30.5 Å². The second-order valence-electron chi connectivity index (χ2n) is 6.01. The molecule has 1 aromatic heterocycles. The standard InChI is InChI=1S/C16H21N3/c1-16(7-2-3-8-16)11-19-14-6-9-18-15-10-12(17)4-5-13(14)15/h4-6,9-10H,2-3,7-8,11,17H2,1H3,(H,18,19). The van der Waals surface area contributed by atoms with Gasteiger partial charge in [0.15, 0.2) is 0 Å². The molecule has 3 rings (SSSR count). The molecule has 0 saturated heterocycles. The molecule has 0 unspecified atom stereocenters. The third-order valence-electron chi connectivity index (χ3n) is 4.28. The first kappa shape index (κ1) is 12.3. The molecule has 0 amide bonds. The van der Waals surface area contributed by atoms with Crippen LogP contribution < -0.4 is 11.1 Å². The van der Waals surface area contributed by atoms with Crippen molar-refractivity contribution in [3.05, 3.63) is 30.5 Å². The Balaban J connectivity index is 1.84. The van der Waals surface area contributed by atoms with Crippen molar-refractivity contribution < 1.29 is 0 Å². The summed E-state index contributed by atoms with van der Waals surface area (Å²) in [5.74, 6) is 0. The number of rotatable bonds is 3. The zero-order valence-electron chi connectivity index (χ0n) is 11.4. The fourth-order valence-corrected chi connectivity index (χ4v) is 3.03. The summed E-state index contributed by atoms with van der Waals surface area (Å²) in [7, 11) is 0. The van der Waals surface area contributed by atoms with E-state index in [0.717, 1.165) is 28.8 Å². The molecule has 1 aliphatic carbocycles. The van der Waals surface area contributed by atoms with Crippen molar-refractivity contribution in [3.8, 4) is 0 Å². The fraction of sp³-hybridized carbons (Fsp3) is 0.438. The lowest BCUT2D eigenvalue weighted by Crippen LogP contribution is -2.23. The number of hydrogen-bond acceptors (Lipinski definition) is 3. The Morgan fingerprint density at radius 1 is 1.26 bits per heavy atom. The highest BCUT2D eigenvalue weighted by atomic mass is 14.9. The van der Waals surface area contributed by atoms with Crippen LogP contribution in [0.5, 0.6) is 0 Å². The average Bonchev–Trinajstić information content (AvgIpc) is 2.83. The Labute approximate surface area is 114 Å². The SMILES string of the molecule is CC1(CNc2ccnc3cc(N)ccc23)CCCC1. The first-order valence-corrected chi connectivity index (χ1v) is 7.04. The van der Waals surface area contributed by atoms with Gasteiger partial charge >= 0.3 is 0 Å². The smallest absolute Gasteiger partial charge is 0.0743 e. The van der Waals surface area contributed by atoms with E-state index in [1.165, 1.54) is 25.7 Å². The number of hydrogen-bond donors (Lipinski definition) is 2. The van der Waals surface area contributed by atoms with Crippen LogP contribution in [0.3, 0.4) is 0 Å². The van der Waals surface area contributed by atoms with Crippen molar-refractivity contribution in [2.24, 2.45) is 5.41 Å². The van der Waals surface area contributed by atoms with Gasteiger partial charge in [0.25, 0.3) is 0 Å². The molecule has 1 heterocycles. The summed E-state index contributed by atoms with van der Waals surface area (Å²) in [6.07, 6.45) is 7.24. The van der Waals surface area contributed by atoms with Crippen LogP contribution in [0.4, 0.5) is 11.4 Å². The number of pyridine rings is 1. The molecule has 3 nitrogen and oxygen atoms in total. The predicted molar refractivity (Wildman–Crippen MR) is 81.2 cm³/mol. The molecule has 0 spiro atoms. The third-order valence-corrected chi connectivity index (χ3v) is 4.28.